The number of hydrogen-bond acceptors (Lipinski definition) is 6. The largest absolute Gasteiger partial charge is 0.497 e. The Morgan fingerprint density at radius 2 is 1.61 bits per heavy atom. The molecule has 2 rings (SSSR count). The molecule has 0 aliphatic carbocycles. The van der Waals surface area contributed by atoms with Crippen LogP contribution in [0.15, 0.2) is 48.5 Å². The Kier molecular flexibility index (Phi) is 7.38. The summed E-state index contributed by atoms with van der Waals surface area (Å²) in [6, 6.07) is 13.7. The predicted octanol–water partition coefficient (Wildman–Crippen LogP) is 1.67. The highest BCUT2D eigenvalue weighted by Crippen LogP contribution is 2.15. The van der Waals surface area contributed by atoms with E-state index in [0.717, 1.165) is 5.69 Å². The van der Waals surface area contributed by atoms with Crippen molar-refractivity contribution in [2.24, 2.45) is 0 Å². The molecule has 0 unspecified atom stereocenters. The van der Waals surface area contributed by atoms with E-state index in [-0.39, 0.29) is 6.54 Å². The Hall–Kier alpha value is -3.55. The maximum Gasteiger partial charge on any atom is 0.325 e. The van der Waals surface area contributed by atoms with Gasteiger partial charge in [-0.05, 0) is 48.5 Å². The van der Waals surface area contributed by atoms with Crippen molar-refractivity contribution in [2.45, 2.75) is 0 Å². The van der Waals surface area contributed by atoms with E-state index < -0.39 is 24.4 Å². The minimum absolute atomic E-state index is 0.338. The minimum atomic E-state index is -0.708. The molecule has 0 heterocycles. The standard InChI is InChI=1S/C20H23N3O5/c1-23(2)16-8-6-15(7-9-16)22-18(24)13-28-19(25)12-21-20(26)14-4-10-17(27-3)11-5-14/h4-11H,12-13H2,1-3H3,(H,21,26)(H,22,24). The molecule has 2 amide bonds. The van der Waals surface area contributed by atoms with Gasteiger partial charge in [-0.3, -0.25) is 14.4 Å². The quantitative estimate of drug-likeness (QED) is 0.671. The van der Waals surface area contributed by atoms with Crippen LogP contribution < -0.4 is 20.3 Å². The second-order valence-electron chi connectivity index (χ2n) is 6.06. The van der Waals surface area contributed by atoms with Crippen molar-refractivity contribution in [1.82, 2.24) is 5.32 Å². The zero-order valence-electron chi connectivity index (χ0n) is 16.0. The van der Waals surface area contributed by atoms with Gasteiger partial charge < -0.3 is 25.0 Å². The number of carbonyl (C=O) groups excluding carboxylic acids is 3. The number of benzene rings is 2. The number of hydrogen-bond donors (Lipinski definition) is 2. The number of nitrogens with zero attached hydrogens (tertiary/aromatic N) is 1. The fourth-order valence-corrected chi connectivity index (χ4v) is 2.23. The third kappa shape index (κ3) is 6.31. The van der Waals surface area contributed by atoms with Crippen LogP contribution in [0.3, 0.4) is 0 Å². The Morgan fingerprint density at radius 1 is 0.964 bits per heavy atom. The summed E-state index contributed by atoms with van der Waals surface area (Å²) < 4.78 is 9.88. The Labute approximate surface area is 163 Å². The summed E-state index contributed by atoms with van der Waals surface area (Å²) in [5, 5.41) is 5.07. The van der Waals surface area contributed by atoms with Gasteiger partial charge in [-0.1, -0.05) is 0 Å². The Morgan fingerprint density at radius 3 is 2.18 bits per heavy atom. The lowest BCUT2D eigenvalue weighted by Crippen LogP contribution is -2.32. The molecule has 2 N–H and O–H groups in total. The monoisotopic (exact) mass is 385 g/mol. The fraction of sp³-hybridized carbons (Fsp3) is 0.250. The van der Waals surface area contributed by atoms with Crippen LogP contribution in [0.5, 0.6) is 5.75 Å². The molecule has 0 aliphatic heterocycles. The zero-order chi connectivity index (χ0) is 20.5. The smallest absolute Gasteiger partial charge is 0.325 e. The van der Waals surface area contributed by atoms with Gasteiger partial charge in [0, 0.05) is 31.0 Å². The minimum Gasteiger partial charge on any atom is -0.497 e. The molecule has 2 aromatic rings. The summed E-state index contributed by atoms with van der Waals surface area (Å²) in [6.07, 6.45) is 0. The van der Waals surface area contributed by atoms with Crippen molar-refractivity contribution in [3.05, 3.63) is 54.1 Å². The van der Waals surface area contributed by atoms with Crippen LogP contribution in [0.4, 0.5) is 11.4 Å². The van der Waals surface area contributed by atoms with Crippen LogP contribution in [0.1, 0.15) is 10.4 Å². The molecule has 8 heteroatoms. The van der Waals surface area contributed by atoms with E-state index in [1.165, 1.54) is 7.11 Å². The average Bonchev–Trinajstić information content (AvgIpc) is 2.71. The molecule has 0 atom stereocenters. The number of anilines is 2. The number of esters is 1. The van der Waals surface area contributed by atoms with Gasteiger partial charge >= 0.3 is 5.97 Å². The van der Waals surface area contributed by atoms with Gasteiger partial charge in [0.1, 0.15) is 12.3 Å². The normalized spacial score (nSPS) is 9.96. The third-order valence-electron chi connectivity index (χ3n) is 3.78. The number of methoxy groups -OCH3 is 1. The number of rotatable bonds is 8. The van der Waals surface area contributed by atoms with Crippen LogP contribution in [0, 0.1) is 0 Å². The van der Waals surface area contributed by atoms with Gasteiger partial charge in [-0.25, -0.2) is 0 Å². The number of carbonyl (C=O) groups is 3. The second kappa shape index (κ2) is 9.96. The molecule has 0 saturated carbocycles. The summed E-state index contributed by atoms with van der Waals surface area (Å²) >= 11 is 0. The summed E-state index contributed by atoms with van der Waals surface area (Å²) in [5.74, 6) is -0.976. The van der Waals surface area contributed by atoms with Crippen molar-refractivity contribution in [3.63, 3.8) is 0 Å². The molecule has 148 valence electrons. The number of amides is 2. The second-order valence-corrected chi connectivity index (χ2v) is 6.06. The number of nitrogens with one attached hydrogen (secondary N) is 2. The first-order chi connectivity index (χ1) is 13.4. The first-order valence-corrected chi connectivity index (χ1v) is 8.54. The molecule has 0 aromatic heterocycles. The van der Waals surface area contributed by atoms with Crippen LogP contribution in [-0.2, 0) is 14.3 Å². The molecule has 28 heavy (non-hydrogen) atoms. The van der Waals surface area contributed by atoms with Gasteiger partial charge in [-0.15, -0.1) is 0 Å². The molecule has 0 saturated heterocycles. The van der Waals surface area contributed by atoms with Crippen molar-refractivity contribution in [2.75, 3.05) is 44.6 Å². The molecular weight excluding hydrogens is 362 g/mol. The van der Waals surface area contributed by atoms with Gasteiger partial charge in [-0.2, -0.15) is 0 Å². The van der Waals surface area contributed by atoms with Gasteiger partial charge in [0.25, 0.3) is 11.8 Å². The van der Waals surface area contributed by atoms with Crippen LogP contribution in [0.2, 0.25) is 0 Å². The van der Waals surface area contributed by atoms with Gasteiger partial charge in [0.05, 0.1) is 7.11 Å². The van der Waals surface area contributed by atoms with Crippen LogP contribution in [-0.4, -0.2) is 52.1 Å². The molecule has 0 spiro atoms. The van der Waals surface area contributed by atoms with E-state index in [9.17, 15) is 14.4 Å². The van der Waals surface area contributed by atoms with E-state index in [0.29, 0.717) is 17.0 Å². The molecule has 2 aromatic carbocycles. The van der Waals surface area contributed by atoms with E-state index in [4.69, 9.17) is 9.47 Å². The van der Waals surface area contributed by atoms with E-state index in [1.807, 2.05) is 31.1 Å². The predicted molar refractivity (Wildman–Crippen MR) is 106 cm³/mol. The lowest BCUT2D eigenvalue weighted by atomic mass is 10.2. The zero-order valence-corrected chi connectivity index (χ0v) is 16.0. The first kappa shape index (κ1) is 20.8. The fourth-order valence-electron chi connectivity index (χ4n) is 2.23. The lowest BCUT2D eigenvalue weighted by molar-refractivity contribution is -0.146. The topological polar surface area (TPSA) is 97.0 Å². The van der Waals surface area contributed by atoms with E-state index >= 15 is 0 Å². The molecular formula is C20H23N3O5. The summed E-state index contributed by atoms with van der Waals surface area (Å²) in [7, 11) is 5.36. The van der Waals surface area contributed by atoms with Gasteiger partial charge in [0.15, 0.2) is 6.61 Å². The average molecular weight is 385 g/mol. The molecule has 0 bridgehead atoms. The highest BCUT2D eigenvalue weighted by atomic mass is 16.5. The molecule has 0 radical (unpaired) electrons. The SMILES string of the molecule is COc1ccc(C(=O)NCC(=O)OCC(=O)Nc2ccc(N(C)C)cc2)cc1. The molecule has 8 nitrogen and oxygen atoms in total. The highest BCUT2D eigenvalue weighted by Gasteiger charge is 2.11. The van der Waals surface area contributed by atoms with Crippen molar-refractivity contribution in [3.8, 4) is 5.75 Å². The summed E-state index contributed by atoms with van der Waals surface area (Å²) in [6.45, 7) is -0.775. The van der Waals surface area contributed by atoms with Crippen molar-refractivity contribution >= 4 is 29.2 Å². The number of ether oxygens (including phenoxy) is 2. The summed E-state index contributed by atoms with van der Waals surface area (Å²) in [5.41, 5.74) is 1.98. The summed E-state index contributed by atoms with van der Waals surface area (Å²) in [4.78, 5) is 37.5. The van der Waals surface area contributed by atoms with Crippen molar-refractivity contribution in [1.29, 1.82) is 0 Å². The molecule has 0 aliphatic rings. The van der Waals surface area contributed by atoms with Crippen LogP contribution >= 0.6 is 0 Å². The van der Waals surface area contributed by atoms with Crippen molar-refractivity contribution < 1.29 is 23.9 Å². The third-order valence-corrected chi connectivity index (χ3v) is 3.78. The van der Waals surface area contributed by atoms with Crippen LogP contribution in [0.25, 0.3) is 0 Å². The lowest BCUT2D eigenvalue weighted by Gasteiger charge is -2.13. The van der Waals surface area contributed by atoms with Gasteiger partial charge in [0.2, 0.25) is 0 Å². The Bertz CT molecular complexity index is 817. The maximum absolute atomic E-state index is 12.0. The Balaban J connectivity index is 1.72. The maximum atomic E-state index is 12.0. The van der Waals surface area contributed by atoms with E-state index in [2.05, 4.69) is 10.6 Å². The first-order valence-electron chi connectivity index (χ1n) is 8.54. The highest BCUT2D eigenvalue weighted by molar-refractivity contribution is 5.96. The molecule has 0 fully saturated rings. The van der Waals surface area contributed by atoms with E-state index in [1.54, 1.807) is 36.4 Å².